The Morgan fingerprint density at radius 2 is 2.16 bits per heavy atom. The van der Waals surface area contributed by atoms with Crippen LogP contribution in [0.15, 0.2) is 30.6 Å². The number of nitrogens with one attached hydrogen (secondary N) is 2. The van der Waals surface area contributed by atoms with Crippen LogP contribution in [0.3, 0.4) is 0 Å². The first-order valence-corrected chi connectivity index (χ1v) is 8.45. The molecule has 2 aliphatic rings. The molecule has 25 heavy (non-hydrogen) atoms. The second-order valence-electron chi connectivity index (χ2n) is 6.84. The number of nitrogens with zero attached hydrogens (tertiary/aromatic N) is 2. The Morgan fingerprint density at radius 1 is 1.36 bits per heavy atom. The fraction of sp³-hybridized carbons (Fsp3) is 0.444. The summed E-state index contributed by atoms with van der Waals surface area (Å²) in [4.78, 5) is 12.4. The van der Waals surface area contributed by atoms with E-state index in [0.717, 1.165) is 6.42 Å². The van der Waals surface area contributed by atoms with Crippen molar-refractivity contribution in [1.29, 1.82) is 0 Å². The fourth-order valence-corrected chi connectivity index (χ4v) is 3.26. The molecular weight excluding hydrogens is 343 g/mol. The van der Waals surface area contributed by atoms with Crippen molar-refractivity contribution in [2.45, 2.75) is 43.7 Å². The second kappa shape index (κ2) is 7.14. The Morgan fingerprint density at radius 3 is 2.80 bits per heavy atom. The summed E-state index contributed by atoms with van der Waals surface area (Å²) in [6.45, 7) is 0. The van der Waals surface area contributed by atoms with E-state index in [1.807, 2.05) is 0 Å². The van der Waals surface area contributed by atoms with Crippen LogP contribution < -0.4 is 10.6 Å². The van der Waals surface area contributed by atoms with Gasteiger partial charge in [-0.2, -0.15) is 5.10 Å². The van der Waals surface area contributed by atoms with Crippen LogP contribution in [0.25, 0.3) is 0 Å². The van der Waals surface area contributed by atoms with E-state index in [-0.39, 0.29) is 30.0 Å². The van der Waals surface area contributed by atoms with Gasteiger partial charge in [0.25, 0.3) is 5.91 Å². The summed E-state index contributed by atoms with van der Waals surface area (Å²) in [6.07, 6.45) is 7.98. The second-order valence-corrected chi connectivity index (χ2v) is 6.84. The van der Waals surface area contributed by atoms with E-state index in [1.54, 1.807) is 30.2 Å². The smallest absolute Gasteiger partial charge is 0.255 e. The highest BCUT2D eigenvalue weighted by Gasteiger charge is 2.41. The molecule has 0 spiro atoms. The summed E-state index contributed by atoms with van der Waals surface area (Å²) in [5.41, 5.74) is 1.75. The molecule has 0 radical (unpaired) electrons. The Balaban J connectivity index is 0.00000182. The first-order valence-electron chi connectivity index (χ1n) is 8.45. The van der Waals surface area contributed by atoms with Gasteiger partial charge in [0, 0.05) is 36.8 Å². The number of hydrogen-bond acceptors (Lipinski definition) is 3. The van der Waals surface area contributed by atoms with Gasteiger partial charge in [-0.25, -0.2) is 4.39 Å². The Kier molecular flexibility index (Phi) is 5.11. The highest BCUT2D eigenvalue weighted by molar-refractivity contribution is 6.04. The molecule has 2 aliphatic carbocycles. The minimum atomic E-state index is -0.242. The molecule has 1 amide bonds. The minimum Gasteiger partial charge on any atom is -0.319 e. The summed E-state index contributed by atoms with van der Waals surface area (Å²) in [7, 11) is 1.79. The average molecular weight is 365 g/mol. The third-order valence-corrected chi connectivity index (χ3v) is 4.97. The lowest BCUT2D eigenvalue weighted by molar-refractivity contribution is 0.102. The normalized spacial score (nSPS) is 22.0. The van der Waals surface area contributed by atoms with Gasteiger partial charge >= 0.3 is 0 Å². The van der Waals surface area contributed by atoms with Crippen LogP contribution >= 0.6 is 12.4 Å². The lowest BCUT2D eigenvalue weighted by Gasteiger charge is -2.26. The number of carbonyl (C=O) groups is 1. The van der Waals surface area contributed by atoms with Gasteiger partial charge in [-0.1, -0.05) is 6.42 Å². The number of anilines is 1. The summed E-state index contributed by atoms with van der Waals surface area (Å²) in [5, 5.41) is 10.4. The largest absolute Gasteiger partial charge is 0.319 e. The van der Waals surface area contributed by atoms with E-state index in [4.69, 9.17) is 0 Å². The van der Waals surface area contributed by atoms with Gasteiger partial charge < -0.3 is 10.6 Å². The molecule has 1 heterocycles. The van der Waals surface area contributed by atoms with E-state index in [0.29, 0.717) is 28.9 Å². The number of amides is 1. The van der Waals surface area contributed by atoms with Crippen LogP contribution in [-0.4, -0.2) is 27.8 Å². The number of rotatable bonds is 5. The van der Waals surface area contributed by atoms with Crippen molar-refractivity contribution in [3.8, 4) is 0 Å². The molecule has 0 bridgehead atoms. The summed E-state index contributed by atoms with van der Waals surface area (Å²) in [6, 6.07) is 5.56. The van der Waals surface area contributed by atoms with Crippen molar-refractivity contribution in [3.05, 3.63) is 47.5 Å². The van der Waals surface area contributed by atoms with Crippen molar-refractivity contribution >= 4 is 24.0 Å². The third kappa shape index (κ3) is 3.85. The van der Waals surface area contributed by atoms with Gasteiger partial charge in [-0.3, -0.25) is 9.48 Å². The van der Waals surface area contributed by atoms with Crippen LogP contribution in [0.2, 0.25) is 0 Å². The average Bonchev–Trinajstić information content (AvgIpc) is 3.17. The maximum Gasteiger partial charge on any atom is 0.255 e. The molecule has 2 fully saturated rings. The first kappa shape index (κ1) is 17.9. The molecule has 4 rings (SSSR count). The van der Waals surface area contributed by atoms with Gasteiger partial charge in [0.1, 0.15) is 5.82 Å². The maximum absolute atomic E-state index is 14.2. The quantitative estimate of drug-likeness (QED) is 0.856. The molecule has 2 N–H and O–H groups in total. The number of carbonyl (C=O) groups excluding carboxylic acids is 1. The molecule has 0 saturated heterocycles. The van der Waals surface area contributed by atoms with Crippen molar-refractivity contribution < 1.29 is 9.18 Å². The van der Waals surface area contributed by atoms with E-state index < -0.39 is 0 Å². The van der Waals surface area contributed by atoms with Gasteiger partial charge in [0.2, 0.25) is 0 Å². The number of aryl methyl sites for hydroxylation is 1. The predicted molar refractivity (Wildman–Crippen MR) is 96.7 cm³/mol. The van der Waals surface area contributed by atoms with E-state index in [2.05, 4.69) is 15.7 Å². The highest BCUT2D eigenvalue weighted by atomic mass is 35.5. The van der Waals surface area contributed by atoms with E-state index >= 15 is 0 Å². The molecule has 1 aromatic carbocycles. The van der Waals surface area contributed by atoms with Crippen molar-refractivity contribution in [3.63, 3.8) is 0 Å². The van der Waals surface area contributed by atoms with Crippen LogP contribution in [0.4, 0.5) is 10.1 Å². The molecule has 0 aliphatic heterocycles. The van der Waals surface area contributed by atoms with Gasteiger partial charge in [0.05, 0.1) is 11.9 Å². The molecule has 5 nitrogen and oxygen atoms in total. The zero-order chi connectivity index (χ0) is 16.7. The molecule has 1 aromatic heterocycles. The minimum absolute atomic E-state index is 0. The molecule has 7 heteroatoms. The molecule has 2 aromatic rings. The van der Waals surface area contributed by atoms with Crippen molar-refractivity contribution in [2.24, 2.45) is 7.05 Å². The van der Waals surface area contributed by atoms with Crippen LogP contribution in [0.1, 0.15) is 47.5 Å². The molecule has 2 atom stereocenters. The number of hydrogen-bond donors (Lipinski definition) is 2. The lowest BCUT2D eigenvalue weighted by atomic mass is 9.93. The van der Waals surface area contributed by atoms with Crippen molar-refractivity contribution in [1.82, 2.24) is 15.1 Å². The van der Waals surface area contributed by atoms with Crippen LogP contribution in [0.5, 0.6) is 0 Å². The van der Waals surface area contributed by atoms with E-state index in [1.165, 1.54) is 31.4 Å². The SMILES string of the molecule is Cl.Cn1cc(NC(=O)c2ccc(F)c([C@@H]3C[C@H]3NC3CCC3)c2)cn1. The van der Waals surface area contributed by atoms with Crippen LogP contribution in [-0.2, 0) is 7.05 Å². The Labute approximate surface area is 152 Å². The van der Waals surface area contributed by atoms with Gasteiger partial charge in [-0.05, 0) is 43.0 Å². The highest BCUT2D eigenvalue weighted by Crippen LogP contribution is 2.43. The Bertz CT molecular complexity index is 774. The fourth-order valence-electron chi connectivity index (χ4n) is 3.26. The van der Waals surface area contributed by atoms with Crippen LogP contribution in [0, 0.1) is 5.82 Å². The molecular formula is C18H22ClFN4O. The number of halogens is 2. The maximum atomic E-state index is 14.2. The standard InChI is InChI=1S/C18H21FN4O.ClH/c1-23-10-13(9-20-23)22-18(24)11-5-6-16(19)14(7-11)15-8-17(15)21-12-3-2-4-12;/h5-7,9-10,12,15,17,21H,2-4,8H2,1H3,(H,22,24);1H/t15-,17+;/m0./s1. The van der Waals surface area contributed by atoms with Crippen molar-refractivity contribution in [2.75, 3.05) is 5.32 Å². The number of aromatic nitrogens is 2. The zero-order valence-corrected chi connectivity index (χ0v) is 14.9. The lowest BCUT2D eigenvalue weighted by Crippen LogP contribution is -2.37. The zero-order valence-electron chi connectivity index (χ0n) is 14.0. The summed E-state index contributed by atoms with van der Waals surface area (Å²) in [5.74, 6) is -0.291. The first-order chi connectivity index (χ1) is 11.6. The monoisotopic (exact) mass is 364 g/mol. The van der Waals surface area contributed by atoms with Gasteiger partial charge in [0.15, 0.2) is 0 Å². The molecule has 2 saturated carbocycles. The molecule has 134 valence electrons. The number of benzene rings is 1. The topological polar surface area (TPSA) is 59.0 Å². The summed E-state index contributed by atoms with van der Waals surface area (Å²) < 4.78 is 15.8. The summed E-state index contributed by atoms with van der Waals surface area (Å²) >= 11 is 0. The molecule has 0 unspecified atom stereocenters. The predicted octanol–water partition coefficient (Wildman–Crippen LogP) is 3.23. The van der Waals surface area contributed by atoms with Gasteiger partial charge in [-0.15, -0.1) is 12.4 Å². The third-order valence-electron chi connectivity index (χ3n) is 4.97. The van der Waals surface area contributed by atoms with E-state index in [9.17, 15) is 9.18 Å². The Hall–Kier alpha value is -1.92.